The van der Waals surface area contributed by atoms with Crippen LogP contribution >= 0.6 is 0 Å². The van der Waals surface area contributed by atoms with Crippen LogP contribution in [0.25, 0.3) is 10.8 Å². The first-order valence-corrected chi connectivity index (χ1v) is 16.2. The zero-order valence-corrected chi connectivity index (χ0v) is 26.0. The van der Waals surface area contributed by atoms with Crippen LogP contribution in [0.2, 0.25) is 0 Å². The van der Waals surface area contributed by atoms with Gasteiger partial charge in [-0.25, -0.2) is 0 Å². The summed E-state index contributed by atoms with van der Waals surface area (Å²) in [5.74, 6) is -0.0386. The molecule has 3 aromatic carbocycles. The first-order valence-electron chi connectivity index (χ1n) is 16.2. The number of para-hydroxylation sites is 1. The lowest BCUT2D eigenvalue weighted by Crippen LogP contribution is -2.56. The van der Waals surface area contributed by atoms with Crippen molar-refractivity contribution in [2.75, 3.05) is 70.5 Å². The standard InChI is InChI=1S/C35H49N7O2/c36-18-7-21-39(22-8-19-37)23-9-20-38-33(43)27-41-28-42(31-13-2-1-3-14-31)35(34(41)44)16-24-40(25-17-35)26-30-12-6-11-29-10-4-5-15-32(29)30/h1-6,10-15H,7-9,16-28,36-37H2,(H,38,43). The van der Waals surface area contributed by atoms with Crippen molar-refractivity contribution in [2.24, 2.45) is 11.5 Å². The number of nitrogens with two attached hydrogens (primary N) is 2. The summed E-state index contributed by atoms with van der Waals surface area (Å²) in [6.07, 6.45) is 4.21. The number of nitrogens with one attached hydrogen (secondary N) is 1. The molecule has 236 valence electrons. The van der Waals surface area contributed by atoms with Crippen molar-refractivity contribution in [1.29, 1.82) is 0 Å². The Morgan fingerprint density at radius 3 is 2.23 bits per heavy atom. The molecular formula is C35H49N7O2. The minimum atomic E-state index is -0.636. The van der Waals surface area contributed by atoms with Crippen LogP contribution in [0.15, 0.2) is 72.8 Å². The van der Waals surface area contributed by atoms with Crippen LogP contribution in [0.3, 0.4) is 0 Å². The van der Waals surface area contributed by atoms with Gasteiger partial charge in [-0.1, -0.05) is 60.7 Å². The Morgan fingerprint density at radius 1 is 0.841 bits per heavy atom. The Kier molecular flexibility index (Phi) is 11.2. The smallest absolute Gasteiger partial charge is 0.250 e. The molecule has 2 saturated heterocycles. The van der Waals surface area contributed by atoms with E-state index in [1.54, 1.807) is 4.90 Å². The van der Waals surface area contributed by atoms with Crippen molar-refractivity contribution in [1.82, 2.24) is 20.0 Å². The van der Waals surface area contributed by atoms with Crippen molar-refractivity contribution in [3.8, 4) is 0 Å². The minimum Gasteiger partial charge on any atom is -0.355 e. The molecule has 5 rings (SSSR count). The highest BCUT2D eigenvalue weighted by Gasteiger charge is 2.53. The maximum absolute atomic E-state index is 14.1. The fourth-order valence-electron chi connectivity index (χ4n) is 6.80. The van der Waals surface area contributed by atoms with Crippen molar-refractivity contribution < 1.29 is 9.59 Å². The van der Waals surface area contributed by atoms with E-state index in [9.17, 15) is 9.59 Å². The summed E-state index contributed by atoms with van der Waals surface area (Å²) in [5.41, 5.74) is 13.1. The molecule has 9 nitrogen and oxygen atoms in total. The van der Waals surface area contributed by atoms with Crippen LogP contribution < -0.4 is 21.7 Å². The lowest BCUT2D eigenvalue weighted by atomic mass is 9.85. The van der Waals surface area contributed by atoms with Crippen LogP contribution in [-0.4, -0.2) is 97.6 Å². The van der Waals surface area contributed by atoms with Crippen molar-refractivity contribution >= 4 is 28.3 Å². The molecule has 0 aliphatic carbocycles. The molecule has 1 spiro atoms. The summed E-state index contributed by atoms with van der Waals surface area (Å²) in [7, 11) is 0. The Labute approximate surface area is 262 Å². The number of fused-ring (bicyclic) bond motifs is 1. The van der Waals surface area contributed by atoms with E-state index in [4.69, 9.17) is 11.5 Å². The number of amides is 2. The molecule has 0 atom stereocenters. The molecule has 0 saturated carbocycles. The number of nitrogens with zero attached hydrogens (tertiary/aromatic N) is 4. The molecule has 0 unspecified atom stereocenters. The largest absolute Gasteiger partial charge is 0.355 e. The van der Waals surface area contributed by atoms with Crippen LogP contribution in [0.1, 0.15) is 37.7 Å². The molecule has 0 radical (unpaired) electrons. The van der Waals surface area contributed by atoms with Crippen LogP contribution in [0.5, 0.6) is 0 Å². The maximum atomic E-state index is 14.1. The van der Waals surface area contributed by atoms with E-state index < -0.39 is 5.54 Å². The van der Waals surface area contributed by atoms with E-state index in [1.165, 1.54) is 16.3 Å². The van der Waals surface area contributed by atoms with Gasteiger partial charge in [-0.05, 0) is 93.3 Å². The highest BCUT2D eigenvalue weighted by atomic mass is 16.2. The van der Waals surface area contributed by atoms with Crippen molar-refractivity contribution in [3.63, 3.8) is 0 Å². The predicted octanol–water partition coefficient (Wildman–Crippen LogP) is 2.99. The first-order chi connectivity index (χ1) is 21.5. The van der Waals surface area contributed by atoms with Gasteiger partial charge in [-0.2, -0.15) is 0 Å². The van der Waals surface area contributed by atoms with Gasteiger partial charge in [-0.15, -0.1) is 0 Å². The van der Waals surface area contributed by atoms with Gasteiger partial charge in [-0.3, -0.25) is 14.5 Å². The molecule has 2 amide bonds. The Hall–Kier alpha value is -3.50. The minimum absolute atomic E-state index is 0.0658. The molecule has 2 fully saturated rings. The summed E-state index contributed by atoms with van der Waals surface area (Å²) >= 11 is 0. The number of carbonyl (C=O) groups is 2. The quantitative estimate of drug-likeness (QED) is 0.230. The van der Waals surface area contributed by atoms with E-state index in [2.05, 4.69) is 74.6 Å². The number of piperidine rings is 1. The molecule has 5 N–H and O–H groups in total. The third-order valence-corrected chi connectivity index (χ3v) is 9.20. The van der Waals surface area contributed by atoms with E-state index in [0.717, 1.165) is 77.1 Å². The monoisotopic (exact) mass is 599 g/mol. The number of rotatable bonds is 15. The van der Waals surface area contributed by atoms with E-state index >= 15 is 0 Å². The zero-order chi connectivity index (χ0) is 30.8. The summed E-state index contributed by atoms with van der Waals surface area (Å²) in [5, 5.41) is 5.60. The van der Waals surface area contributed by atoms with Crippen molar-refractivity contribution in [2.45, 2.75) is 44.2 Å². The van der Waals surface area contributed by atoms with Gasteiger partial charge in [0.2, 0.25) is 11.8 Å². The predicted molar refractivity (Wildman–Crippen MR) is 178 cm³/mol. The maximum Gasteiger partial charge on any atom is 0.250 e. The molecule has 0 bridgehead atoms. The van der Waals surface area contributed by atoms with E-state index in [1.807, 2.05) is 18.2 Å². The molecule has 3 aromatic rings. The van der Waals surface area contributed by atoms with E-state index in [-0.39, 0.29) is 18.4 Å². The molecule has 44 heavy (non-hydrogen) atoms. The molecular weight excluding hydrogens is 550 g/mol. The SMILES string of the molecule is NCCCN(CCCN)CCCNC(=O)CN1CN(c2ccccc2)C2(CCN(Cc3cccc4ccccc34)CC2)C1=O. The van der Waals surface area contributed by atoms with Crippen LogP contribution in [-0.2, 0) is 16.1 Å². The second kappa shape index (κ2) is 15.5. The summed E-state index contributed by atoms with van der Waals surface area (Å²) < 4.78 is 0. The Morgan fingerprint density at radius 2 is 1.50 bits per heavy atom. The number of anilines is 1. The number of benzene rings is 3. The lowest BCUT2D eigenvalue weighted by molar-refractivity contribution is -0.137. The lowest BCUT2D eigenvalue weighted by Gasteiger charge is -2.43. The van der Waals surface area contributed by atoms with Crippen molar-refractivity contribution in [3.05, 3.63) is 78.4 Å². The second-order valence-electron chi connectivity index (χ2n) is 12.2. The van der Waals surface area contributed by atoms with Gasteiger partial charge < -0.3 is 31.5 Å². The fraction of sp³-hybridized carbons (Fsp3) is 0.486. The second-order valence-corrected chi connectivity index (χ2v) is 12.2. The summed E-state index contributed by atoms with van der Waals surface area (Å²) in [6, 6.07) is 25.2. The Bertz CT molecular complexity index is 1350. The zero-order valence-electron chi connectivity index (χ0n) is 26.0. The number of carbonyl (C=O) groups excluding carboxylic acids is 2. The third-order valence-electron chi connectivity index (χ3n) is 9.20. The van der Waals surface area contributed by atoms with Gasteiger partial charge in [0.05, 0.1) is 6.67 Å². The number of hydrogen-bond acceptors (Lipinski definition) is 7. The normalized spacial score (nSPS) is 16.8. The molecule has 9 heteroatoms. The molecule has 2 heterocycles. The highest BCUT2D eigenvalue weighted by molar-refractivity contribution is 5.96. The first kappa shape index (κ1) is 31.9. The van der Waals surface area contributed by atoms with Gasteiger partial charge in [0.25, 0.3) is 0 Å². The summed E-state index contributed by atoms with van der Waals surface area (Å²) in [4.78, 5) is 36.0. The van der Waals surface area contributed by atoms with Gasteiger partial charge in [0, 0.05) is 31.9 Å². The fourth-order valence-corrected chi connectivity index (χ4v) is 6.80. The van der Waals surface area contributed by atoms with Gasteiger partial charge in [0.1, 0.15) is 12.1 Å². The molecule has 2 aliphatic heterocycles. The summed E-state index contributed by atoms with van der Waals surface area (Å²) in [6.45, 7) is 7.72. The molecule has 2 aliphatic rings. The van der Waals surface area contributed by atoms with Gasteiger partial charge >= 0.3 is 0 Å². The van der Waals surface area contributed by atoms with Crippen LogP contribution in [0.4, 0.5) is 5.69 Å². The number of hydrogen-bond donors (Lipinski definition) is 3. The van der Waals surface area contributed by atoms with Gasteiger partial charge in [0.15, 0.2) is 0 Å². The van der Waals surface area contributed by atoms with E-state index in [0.29, 0.717) is 26.3 Å². The Balaban J connectivity index is 1.19. The topological polar surface area (TPSA) is 111 Å². The van der Waals surface area contributed by atoms with Crippen LogP contribution in [0, 0.1) is 0 Å². The molecule has 0 aromatic heterocycles. The third kappa shape index (κ3) is 7.58. The highest BCUT2D eigenvalue weighted by Crippen LogP contribution is 2.39. The average molecular weight is 600 g/mol. The number of likely N-dealkylation sites (tertiary alicyclic amines) is 1. The average Bonchev–Trinajstić information content (AvgIpc) is 3.31.